The molecule has 2 atom stereocenters. The molecule has 0 spiro atoms. The second kappa shape index (κ2) is 18.1. The van der Waals surface area contributed by atoms with Crippen LogP contribution in [0.5, 0.6) is 11.5 Å². The Balaban J connectivity index is 1.23. The predicted molar refractivity (Wildman–Crippen MR) is 209 cm³/mol. The highest BCUT2D eigenvalue weighted by Crippen LogP contribution is 2.45. The minimum absolute atomic E-state index is 0.148. The van der Waals surface area contributed by atoms with Crippen LogP contribution in [0.2, 0.25) is 10.0 Å². The molecule has 0 radical (unpaired) electrons. The number of aliphatic hydroxyl groups is 2. The van der Waals surface area contributed by atoms with Crippen LogP contribution in [-0.2, 0) is 23.9 Å². The molecule has 4 aromatic rings. The molecule has 2 aliphatic heterocycles. The van der Waals surface area contributed by atoms with E-state index < -0.39 is 24.7 Å². The Morgan fingerprint density at radius 2 is 1.27 bits per heavy atom. The van der Waals surface area contributed by atoms with Gasteiger partial charge in [0.25, 0.3) is 11.8 Å². The average molecular weight is 792 g/mol. The van der Waals surface area contributed by atoms with Crippen LogP contribution in [0.1, 0.15) is 6.92 Å². The first kappa shape index (κ1) is 39.7. The molecule has 0 bridgehead atoms. The van der Waals surface area contributed by atoms with Gasteiger partial charge in [-0.15, -0.1) is 0 Å². The number of aldehydes is 1. The van der Waals surface area contributed by atoms with Crippen molar-refractivity contribution in [1.29, 1.82) is 0 Å². The Bertz CT molecular complexity index is 2080. The summed E-state index contributed by atoms with van der Waals surface area (Å²) >= 11 is 14.2. The Kier molecular flexibility index (Phi) is 13.0. The summed E-state index contributed by atoms with van der Waals surface area (Å²) in [5.74, 6) is -0.0399. The number of nitrogens with zero attached hydrogens (tertiary/aromatic N) is 2. The molecule has 2 aliphatic rings. The molecule has 0 aromatic heterocycles. The monoisotopic (exact) mass is 790 g/mol. The van der Waals surface area contributed by atoms with Gasteiger partial charge in [-0.2, -0.15) is 0 Å². The number of rotatable bonds is 16. The highest BCUT2D eigenvalue weighted by Gasteiger charge is 2.28. The number of esters is 1. The predicted octanol–water partition coefficient (Wildman–Crippen LogP) is 4.11. The molecule has 13 nitrogen and oxygen atoms in total. The van der Waals surface area contributed by atoms with E-state index in [1.54, 1.807) is 28.9 Å². The van der Waals surface area contributed by atoms with Crippen LogP contribution in [0.3, 0.4) is 0 Å². The molecule has 4 N–H and O–H groups in total. The zero-order valence-corrected chi connectivity index (χ0v) is 31.4. The smallest absolute Gasteiger partial charge is 0.325 e. The van der Waals surface area contributed by atoms with E-state index >= 15 is 0 Å². The normalized spacial score (nSPS) is 14.7. The molecular weight excluding hydrogens is 751 g/mol. The maximum Gasteiger partial charge on any atom is 0.325 e. The zero-order valence-electron chi connectivity index (χ0n) is 29.9. The van der Waals surface area contributed by atoms with Gasteiger partial charge in [0.15, 0.2) is 13.2 Å². The van der Waals surface area contributed by atoms with E-state index in [-0.39, 0.29) is 57.9 Å². The first-order chi connectivity index (χ1) is 26.7. The summed E-state index contributed by atoms with van der Waals surface area (Å²) in [7, 11) is 0. The fourth-order valence-corrected chi connectivity index (χ4v) is 7.17. The summed E-state index contributed by atoms with van der Waals surface area (Å²) in [6.07, 6.45) is 0.623. The van der Waals surface area contributed by atoms with Crippen LogP contribution in [0.25, 0.3) is 33.4 Å². The summed E-state index contributed by atoms with van der Waals surface area (Å²) in [4.78, 5) is 51.8. The van der Waals surface area contributed by atoms with Crippen LogP contribution in [-0.4, -0.2) is 106 Å². The number of hydrogen-bond donors (Lipinski definition) is 4. The fraction of sp³-hybridized carbons (Fsp3) is 0.300. The molecule has 6 rings (SSSR count). The maximum atomic E-state index is 12.8. The molecule has 15 heteroatoms. The first-order valence-corrected chi connectivity index (χ1v) is 18.5. The summed E-state index contributed by atoms with van der Waals surface area (Å²) in [6, 6.07) is 20.6. The molecule has 55 heavy (non-hydrogen) atoms. The van der Waals surface area contributed by atoms with Crippen LogP contribution in [0.15, 0.2) is 72.8 Å². The quantitative estimate of drug-likeness (QED) is 0.0954. The number of carbonyl (C=O) groups excluding carboxylic acids is 4. The van der Waals surface area contributed by atoms with E-state index in [9.17, 15) is 29.4 Å². The third-order valence-corrected chi connectivity index (χ3v) is 10.1. The molecular formula is C40H40Cl2N4O9. The topological polar surface area (TPSA) is 167 Å². The molecule has 288 valence electrons. The van der Waals surface area contributed by atoms with Crippen LogP contribution in [0.4, 0.5) is 11.4 Å². The zero-order chi connectivity index (χ0) is 39.1. The first-order valence-electron chi connectivity index (χ1n) is 17.7. The van der Waals surface area contributed by atoms with E-state index in [0.29, 0.717) is 56.9 Å². The number of nitrogens with one attached hydrogen (secondary N) is 2. The number of benzene rings is 4. The number of aliphatic hydroxyl groups excluding tert-OH is 2. The number of fused-ring (bicyclic) bond motifs is 2. The lowest BCUT2D eigenvalue weighted by atomic mass is 9.95. The lowest BCUT2D eigenvalue weighted by Gasteiger charge is -2.30. The number of halogens is 2. The van der Waals surface area contributed by atoms with Crippen molar-refractivity contribution < 1.29 is 43.6 Å². The van der Waals surface area contributed by atoms with Crippen LogP contribution >= 0.6 is 23.2 Å². The van der Waals surface area contributed by atoms with E-state index in [1.807, 2.05) is 60.7 Å². The van der Waals surface area contributed by atoms with Crippen molar-refractivity contribution in [2.75, 3.05) is 69.0 Å². The largest absolute Gasteiger partial charge is 0.482 e. The van der Waals surface area contributed by atoms with Crippen molar-refractivity contribution in [3.63, 3.8) is 0 Å². The van der Waals surface area contributed by atoms with Gasteiger partial charge in [-0.3, -0.25) is 14.4 Å². The molecule has 0 saturated carbocycles. The number of amides is 2. The molecule has 0 fully saturated rings. The summed E-state index contributed by atoms with van der Waals surface area (Å²) in [6.45, 7) is 1.82. The van der Waals surface area contributed by atoms with Gasteiger partial charge in [0.1, 0.15) is 23.8 Å². The Labute approximate surface area is 327 Å². The van der Waals surface area contributed by atoms with E-state index in [2.05, 4.69) is 10.6 Å². The molecule has 4 aromatic carbocycles. The van der Waals surface area contributed by atoms with Crippen molar-refractivity contribution in [1.82, 2.24) is 10.6 Å². The number of anilines is 2. The van der Waals surface area contributed by atoms with Gasteiger partial charge < -0.3 is 49.7 Å². The second-order valence-corrected chi connectivity index (χ2v) is 13.4. The van der Waals surface area contributed by atoms with Crippen molar-refractivity contribution in [3.8, 4) is 44.9 Å². The lowest BCUT2D eigenvalue weighted by molar-refractivity contribution is -0.146. The fourth-order valence-electron chi connectivity index (χ4n) is 6.49. The molecule has 2 amide bonds. The van der Waals surface area contributed by atoms with Crippen molar-refractivity contribution in [3.05, 3.63) is 82.8 Å². The Morgan fingerprint density at radius 1 is 0.782 bits per heavy atom. The van der Waals surface area contributed by atoms with Gasteiger partial charge >= 0.3 is 5.97 Å². The SMILES string of the molecule is CCOC(=O)[C@H](CO)NCCN1C(=O)COc2cc(-c3cccc(-c4cccc(-c5ccc6c(c5)OCC(=O)N6CCNC(C=O)CO)c4Cl)c3Cl)ccc21. The average Bonchev–Trinajstić information content (AvgIpc) is 3.19. The van der Waals surface area contributed by atoms with E-state index in [4.69, 9.17) is 37.4 Å². The summed E-state index contributed by atoms with van der Waals surface area (Å²) < 4.78 is 16.6. The van der Waals surface area contributed by atoms with Crippen LogP contribution < -0.4 is 29.9 Å². The highest BCUT2D eigenvalue weighted by molar-refractivity contribution is 6.39. The lowest BCUT2D eigenvalue weighted by Crippen LogP contribution is -2.47. The standard InChI is InChI=1S/C40H40Cl2N4O9/c1-2-53-40(52)31(21-49)44-14-16-46-33-12-10-25(18-35(33)55-23-37(46)51)28-6-4-8-30(39(28)42)29-7-3-5-27(38(29)41)24-9-11-32-34(17-24)54-22-36(50)45(32)15-13-43-26(19-47)20-48/h3-12,17-19,26,31,43-44,48-49H,2,13-16,20-23H2,1H3/t26?,31-/m0/s1. The molecule has 2 heterocycles. The van der Waals surface area contributed by atoms with Crippen molar-refractivity contribution in [2.45, 2.75) is 19.0 Å². The minimum atomic E-state index is -0.900. The molecule has 0 saturated heterocycles. The van der Waals surface area contributed by atoms with E-state index in [0.717, 1.165) is 22.3 Å². The Hall–Kier alpha value is -5.02. The van der Waals surface area contributed by atoms with Gasteiger partial charge in [0.2, 0.25) is 0 Å². The number of ether oxygens (including phenoxy) is 3. The number of hydrogen-bond acceptors (Lipinski definition) is 11. The second-order valence-electron chi connectivity index (χ2n) is 12.7. The third-order valence-electron chi connectivity index (χ3n) is 9.30. The summed E-state index contributed by atoms with van der Waals surface area (Å²) in [5.41, 5.74) is 5.51. The van der Waals surface area contributed by atoms with Crippen molar-refractivity contribution in [2.24, 2.45) is 0 Å². The van der Waals surface area contributed by atoms with Crippen LogP contribution in [0, 0.1) is 0 Å². The van der Waals surface area contributed by atoms with Gasteiger partial charge in [0, 0.05) is 48.4 Å². The van der Waals surface area contributed by atoms with Gasteiger partial charge in [-0.05, 0) is 42.3 Å². The molecule has 0 aliphatic carbocycles. The highest BCUT2D eigenvalue weighted by atomic mass is 35.5. The Morgan fingerprint density at radius 3 is 1.73 bits per heavy atom. The molecule has 1 unspecified atom stereocenters. The maximum absolute atomic E-state index is 12.8. The summed E-state index contributed by atoms with van der Waals surface area (Å²) in [5, 5.41) is 25.6. The minimum Gasteiger partial charge on any atom is -0.482 e. The van der Waals surface area contributed by atoms with Crippen molar-refractivity contribution >= 4 is 58.6 Å². The van der Waals surface area contributed by atoms with Gasteiger partial charge in [-0.25, -0.2) is 0 Å². The van der Waals surface area contributed by atoms with Gasteiger partial charge in [0.05, 0.1) is 47.3 Å². The third kappa shape index (κ3) is 8.62. The van der Waals surface area contributed by atoms with Gasteiger partial charge in [-0.1, -0.05) is 71.7 Å². The number of carbonyl (C=O) groups is 4. The van der Waals surface area contributed by atoms with E-state index in [1.165, 1.54) is 0 Å².